The van der Waals surface area contributed by atoms with E-state index < -0.39 is 29.4 Å². The fourth-order valence-electron chi connectivity index (χ4n) is 3.43. The molecule has 0 unspecified atom stereocenters. The predicted octanol–water partition coefficient (Wildman–Crippen LogP) is 2.20. The smallest absolute Gasteiger partial charge is 0.340 e. The van der Waals surface area contributed by atoms with Gasteiger partial charge in [0.25, 0.3) is 5.78 Å². The lowest BCUT2D eigenvalue weighted by molar-refractivity contribution is -0.144. The van der Waals surface area contributed by atoms with Crippen LogP contribution >= 0.6 is 0 Å². The van der Waals surface area contributed by atoms with Gasteiger partial charge in [-0.25, -0.2) is 4.79 Å². The number of benzene rings is 1. The van der Waals surface area contributed by atoms with E-state index in [4.69, 9.17) is 15.6 Å². The van der Waals surface area contributed by atoms with Crippen molar-refractivity contribution < 1.29 is 29.0 Å². The molecule has 29 heavy (non-hydrogen) atoms. The number of hydrogen-bond donors (Lipinski definition) is 2. The average Bonchev–Trinajstić information content (AvgIpc) is 2.68. The Morgan fingerprint density at radius 3 is 2.45 bits per heavy atom. The number of carbonyl (C=O) groups is 4. The van der Waals surface area contributed by atoms with Gasteiger partial charge in [-0.3, -0.25) is 14.4 Å². The number of hydrogen-bond acceptors (Lipinski definition) is 7. The lowest BCUT2D eigenvalue weighted by atomic mass is 9.93. The molecule has 0 saturated carbocycles. The van der Waals surface area contributed by atoms with Gasteiger partial charge in [-0.1, -0.05) is 13.0 Å². The number of rotatable bonds is 3. The number of aryl methyl sites for hydroxylation is 2. The van der Waals surface area contributed by atoms with Crippen molar-refractivity contribution in [3.8, 4) is 0 Å². The molecule has 0 fully saturated rings. The van der Waals surface area contributed by atoms with E-state index in [-0.39, 0.29) is 30.9 Å². The predicted molar refractivity (Wildman–Crippen MR) is 107 cm³/mol. The first-order valence-electron chi connectivity index (χ1n) is 10.1. The van der Waals surface area contributed by atoms with Gasteiger partial charge in [-0.2, -0.15) is 0 Å². The zero-order chi connectivity index (χ0) is 21.6. The van der Waals surface area contributed by atoms with Crippen molar-refractivity contribution in [2.75, 3.05) is 12.3 Å². The third-order valence-electron chi connectivity index (χ3n) is 5.42. The van der Waals surface area contributed by atoms with Crippen molar-refractivity contribution in [3.05, 3.63) is 28.8 Å². The normalized spacial score (nSPS) is 22.0. The Morgan fingerprint density at radius 2 is 1.76 bits per heavy atom. The van der Waals surface area contributed by atoms with Crippen LogP contribution < -0.4 is 5.73 Å². The number of aliphatic hydroxyl groups excluding tert-OH is 1. The molecular formula is C22H29NO6. The molecule has 158 valence electrons. The number of cyclic esters (lactones) is 1. The SMILES string of the molecule is C[C@@H]1OC(=O)c2c(N)cc(CCCO)cc2CCCC(=O)C(=O)C(=O)CC[C@@H]1C. The molecule has 3 N–H and O–H groups in total. The van der Waals surface area contributed by atoms with E-state index >= 15 is 0 Å². The number of aliphatic hydroxyl groups is 1. The summed E-state index contributed by atoms with van der Waals surface area (Å²) in [6, 6.07) is 3.54. The largest absolute Gasteiger partial charge is 0.459 e. The standard InChI is InChI=1S/C22H29NO6/c1-13-8-9-19(26)21(27)18(25)7-3-6-16-11-15(5-4-10-24)12-17(23)20(16)22(28)29-14(13)2/h11-14,24H,3-10,23H2,1-2H3/t13-,14-/m0/s1. The molecule has 1 aliphatic heterocycles. The number of anilines is 1. The summed E-state index contributed by atoms with van der Waals surface area (Å²) in [5.74, 6) is -3.02. The molecule has 7 nitrogen and oxygen atoms in total. The van der Waals surface area contributed by atoms with Gasteiger partial charge in [-0.05, 0) is 62.1 Å². The van der Waals surface area contributed by atoms with Gasteiger partial charge in [0.1, 0.15) is 6.10 Å². The lowest BCUT2D eigenvalue weighted by Crippen LogP contribution is -2.28. The number of esters is 1. The minimum atomic E-state index is -0.949. The lowest BCUT2D eigenvalue weighted by Gasteiger charge is -2.22. The first-order chi connectivity index (χ1) is 13.7. The van der Waals surface area contributed by atoms with E-state index in [1.54, 1.807) is 13.0 Å². The summed E-state index contributed by atoms with van der Waals surface area (Å²) >= 11 is 0. The Hall–Kier alpha value is -2.54. The van der Waals surface area contributed by atoms with Crippen LogP contribution in [-0.4, -0.2) is 41.1 Å². The Kier molecular flexibility index (Phi) is 8.08. The molecule has 2 rings (SSSR count). The summed E-state index contributed by atoms with van der Waals surface area (Å²) in [7, 11) is 0. The quantitative estimate of drug-likeness (QED) is 0.450. The number of Topliss-reactive ketones (excluding diaryl/α,β-unsaturated/α-hetero) is 3. The minimum absolute atomic E-state index is 0.0408. The molecule has 0 amide bonds. The second kappa shape index (κ2) is 10.3. The van der Waals surface area contributed by atoms with E-state index in [0.717, 1.165) is 5.56 Å². The van der Waals surface area contributed by atoms with Crippen molar-refractivity contribution >= 4 is 29.0 Å². The Labute approximate surface area is 170 Å². The van der Waals surface area contributed by atoms with Crippen molar-refractivity contribution in [2.45, 2.75) is 64.9 Å². The van der Waals surface area contributed by atoms with Crippen molar-refractivity contribution in [3.63, 3.8) is 0 Å². The van der Waals surface area contributed by atoms with Crippen LogP contribution in [0.2, 0.25) is 0 Å². The second-order valence-electron chi connectivity index (χ2n) is 7.70. The zero-order valence-electron chi connectivity index (χ0n) is 17.0. The highest BCUT2D eigenvalue weighted by Crippen LogP contribution is 2.26. The van der Waals surface area contributed by atoms with E-state index in [2.05, 4.69) is 0 Å². The van der Waals surface area contributed by atoms with Gasteiger partial charge < -0.3 is 15.6 Å². The van der Waals surface area contributed by atoms with Gasteiger partial charge in [0, 0.05) is 25.1 Å². The maximum atomic E-state index is 12.8. The van der Waals surface area contributed by atoms with E-state index in [0.29, 0.717) is 43.4 Å². The van der Waals surface area contributed by atoms with Gasteiger partial charge in [0.15, 0.2) is 0 Å². The van der Waals surface area contributed by atoms with Crippen LogP contribution in [0.3, 0.4) is 0 Å². The first kappa shape index (κ1) is 22.7. The first-order valence-corrected chi connectivity index (χ1v) is 10.1. The number of fused-ring (bicyclic) bond motifs is 1. The van der Waals surface area contributed by atoms with Crippen LogP contribution in [-0.2, 0) is 32.0 Å². The number of ketones is 3. The molecule has 0 aliphatic carbocycles. The van der Waals surface area contributed by atoms with Crippen LogP contribution in [0.1, 0.15) is 67.4 Å². The molecule has 1 aliphatic rings. The van der Waals surface area contributed by atoms with E-state index in [9.17, 15) is 19.2 Å². The highest BCUT2D eigenvalue weighted by molar-refractivity contribution is 6.63. The molecule has 0 saturated heterocycles. The van der Waals surface area contributed by atoms with Crippen LogP contribution in [0.25, 0.3) is 0 Å². The Morgan fingerprint density at radius 1 is 1.07 bits per heavy atom. The Balaban J connectivity index is 2.38. The van der Waals surface area contributed by atoms with Crippen molar-refractivity contribution in [2.24, 2.45) is 5.92 Å². The zero-order valence-corrected chi connectivity index (χ0v) is 17.0. The van der Waals surface area contributed by atoms with E-state index in [1.165, 1.54) is 0 Å². The number of carbonyl (C=O) groups excluding carboxylic acids is 4. The summed E-state index contributed by atoms with van der Waals surface area (Å²) in [5, 5.41) is 9.06. The molecule has 0 aromatic heterocycles. The second-order valence-corrected chi connectivity index (χ2v) is 7.70. The molecule has 0 spiro atoms. The summed E-state index contributed by atoms with van der Waals surface area (Å²) in [4.78, 5) is 48.9. The monoisotopic (exact) mass is 403 g/mol. The van der Waals surface area contributed by atoms with Crippen LogP contribution in [0.15, 0.2) is 12.1 Å². The highest BCUT2D eigenvalue weighted by atomic mass is 16.5. The fraction of sp³-hybridized carbons (Fsp3) is 0.545. The van der Waals surface area contributed by atoms with Crippen LogP contribution in [0.4, 0.5) is 5.69 Å². The summed E-state index contributed by atoms with van der Waals surface area (Å²) in [6.07, 6.45) is 1.58. The molecule has 0 bridgehead atoms. The number of nitrogen functional groups attached to an aromatic ring is 1. The summed E-state index contributed by atoms with van der Waals surface area (Å²) in [6.45, 7) is 3.60. The van der Waals surface area contributed by atoms with Crippen molar-refractivity contribution in [1.29, 1.82) is 0 Å². The fourth-order valence-corrected chi connectivity index (χ4v) is 3.43. The number of nitrogens with two attached hydrogens (primary N) is 1. The average molecular weight is 403 g/mol. The third kappa shape index (κ3) is 5.97. The molecule has 1 aromatic carbocycles. The summed E-state index contributed by atoms with van der Waals surface area (Å²) < 4.78 is 5.60. The maximum absolute atomic E-state index is 12.8. The summed E-state index contributed by atoms with van der Waals surface area (Å²) in [5.41, 5.74) is 8.26. The minimum Gasteiger partial charge on any atom is -0.459 e. The van der Waals surface area contributed by atoms with Crippen LogP contribution in [0, 0.1) is 5.92 Å². The molecule has 1 aromatic rings. The molecule has 1 heterocycles. The topological polar surface area (TPSA) is 124 Å². The third-order valence-corrected chi connectivity index (χ3v) is 5.42. The molecule has 7 heteroatoms. The molecular weight excluding hydrogens is 374 g/mol. The Bertz CT molecular complexity index is 801. The van der Waals surface area contributed by atoms with Gasteiger partial charge >= 0.3 is 5.97 Å². The van der Waals surface area contributed by atoms with Gasteiger partial charge in [0.2, 0.25) is 11.6 Å². The molecule has 0 radical (unpaired) electrons. The van der Waals surface area contributed by atoms with Gasteiger partial charge in [-0.15, -0.1) is 0 Å². The molecule has 2 atom stereocenters. The van der Waals surface area contributed by atoms with Crippen molar-refractivity contribution in [1.82, 2.24) is 0 Å². The maximum Gasteiger partial charge on any atom is 0.340 e. The highest BCUT2D eigenvalue weighted by Gasteiger charge is 2.27. The van der Waals surface area contributed by atoms with E-state index in [1.807, 2.05) is 13.0 Å². The van der Waals surface area contributed by atoms with Crippen LogP contribution in [0.5, 0.6) is 0 Å². The number of ether oxygens (including phenoxy) is 1. The van der Waals surface area contributed by atoms with Gasteiger partial charge in [0.05, 0.1) is 5.56 Å².